The first kappa shape index (κ1) is 18.4. The number of hydrogen-bond donors (Lipinski definition) is 0. The SMILES string of the molecule is Cn1c(COc2cc(Cl)ccc2Cl)nnc1SCc1cccc(Cl)c1. The number of nitrogens with zero attached hydrogens (tertiary/aromatic N) is 3. The number of halogens is 3. The molecule has 3 rings (SSSR count). The molecule has 0 N–H and O–H groups in total. The standard InChI is InChI=1S/C17H14Cl3N3OS/c1-23-16(9-24-15-8-13(19)5-6-14(15)20)21-22-17(23)25-10-11-3-2-4-12(18)7-11/h2-8H,9-10H2,1H3. The first-order valence-electron chi connectivity index (χ1n) is 7.36. The molecule has 8 heteroatoms. The molecule has 0 aliphatic rings. The van der Waals surface area contributed by atoms with Gasteiger partial charge in [-0.05, 0) is 29.8 Å². The third kappa shape index (κ3) is 4.82. The van der Waals surface area contributed by atoms with Crippen molar-refractivity contribution in [1.82, 2.24) is 14.8 Å². The number of hydrogen-bond acceptors (Lipinski definition) is 4. The van der Waals surface area contributed by atoms with Crippen LogP contribution in [0.5, 0.6) is 5.75 Å². The Morgan fingerprint density at radius 2 is 1.84 bits per heavy atom. The van der Waals surface area contributed by atoms with Crippen LogP contribution < -0.4 is 4.74 Å². The number of ether oxygens (including phenoxy) is 1. The van der Waals surface area contributed by atoms with Crippen LogP contribution in [0.25, 0.3) is 0 Å². The summed E-state index contributed by atoms with van der Waals surface area (Å²) < 4.78 is 7.61. The first-order chi connectivity index (χ1) is 12.0. The Labute approximate surface area is 165 Å². The van der Waals surface area contributed by atoms with Crippen molar-refractivity contribution in [1.29, 1.82) is 0 Å². The van der Waals surface area contributed by atoms with Gasteiger partial charge in [0, 0.05) is 28.9 Å². The summed E-state index contributed by atoms with van der Waals surface area (Å²) in [6.45, 7) is 0.251. The average molecular weight is 415 g/mol. The van der Waals surface area contributed by atoms with Gasteiger partial charge in [0.25, 0.3) is 0 Å². The molecular weight excluding hydrogens is 401 g/mol. The Hall–Kier alpha value is -1.40. The van der Waals surface area contributed by atoms with Crippen molar-refractivity contribution < 1.29 is 4.74 Å². The summed E-state index contributed by atoms with van der Waals surface area (Å²) in [5.41, 5.74) is 1.13. The van der Waals surface area contributed by atoms with E-state index in [2.05, 4.69) is 10.2 Å². The van der Waals surface area contributed by atoms with Gasteiger partial charge in [0.1, 0.15) is 12.4 Å². The zero-order chi connectivity index (χ0) is 17.8. The van der Waals surface area contributed by atoms with Crippen molar-refractivity contribution in [3.05, 3.63) is 68.9 Å². The molecule has 0 spiro atoms. The molecule has 1 heterocycles. The Morgan fingerprint density at radius 3 is 2.64 bits per heavy atom. The Balaban J connectivity index is 1.63. The van der Waals surface area contributed by atoms with Gasteiger partial charge in [-0.25, -0.2) is 0 Å². The molecule has 0 radical (unpaired) electrons. The molecule has 2 aromatic carbocycles. The fourth-order valence-corrected chi connectivity index (χ4v) is 3.52. The normalized spacial score (nSPS) is 10.9. The Morgan fingerprint density at radius 1 is 1.04 bits per heavy atom. The highest BCUT2D eigenvalue weighted by atomic mass is 35.5. The summed E-state index contributed by atoms with van der Waals surface area (Å²) in [4.78, 5) is 0. The molecule has 130 valence electrons. The lowest BCUT2D eigenvalue weighted by Crippen LogP contribution is -2.04. The van der Waals surface area contributed by atoms with Gasteiger partial charge < -0.3 is 9.30 Å². The minimum atomic E-state index is 0.251. The first-order valence-corrected chi connectivity index (χ1v) is 9.48. The van der Waals surface area contributed by atoms with Gasteiger partial charge in [-0.2, -0.15) is 0 Å². The second kappa shape index (κ2) is 8.32. The van der Waals surface area contributed by atoms with E-state index in [9.17, 15) is 0 Å². The van der Waals surface area contributed by atoms with Gasteiger partial charge in [-0.3, -0.25) is 0 Å². The van der Waals surface area contributed by atoms with Crippen LogP contribution in [0, 0.1) is 0 Å². The Kier molecular flexibility index (Phi) is 6.12. The molecule has 0 saturated carbocycles. The zero-order valence-corrected chi connectivity index (χ0v) is 16.3. The highest BCUT2D eigenvalue weighted by Gasteiger charge is 2.11. The molecular formula is C17H14Cl3N3OS. The molecule has 1 aromatic heterocycles. The molecule has 0 amide bonds. The zero-order valence-electron chi connectivity index (χ0n) is 13.2. The third-order valence-electron chi connectivity index (χ3n) is 3.43. The van der Waals surface area contributed by atoms with Gasteiger partial charge in [0.15, 0.2) is 11.0 Å². The lowest BCUT2D eigenvalue weighted by atomic mass is 10.2. The highest BCUT2D eigenvalue weighted by molar-refractivity contribution is 7.98. The Bertz CT molecular complexity index is 885. The third-order valence-corrected chi connectivity index (χ3v) is 5.31. The summed E-state index contributed by atoms with van der Waals surface area (Å²) in [6.07, 6.45) is 0. The second-order valence-corrected chi connectivity index (χ2v) is 7.46. The monoisotopic (exact) mass is 413 g/mol. The van der Waals surface area contributed by atoms with Gasteiger partial charge in [0.2, 0.25) is 0 Å². The maximum absolute atomic E-state index is 6.10. The van der Waals surface area contributed by atoms with E-state index in [1.54, 1.807) is 30.0 Å². The van der Waals surface area contributed by atoms with E-state index in [-0.39, 0.29) is 6.61 Å². The highest BCUT2D eigenvalue weighted by Crippen LogP contribution is 2.28. The van der Waals surface area contributed by atoms with Crippen LogP contribution in [-0.4, -0.2) is 14.8 Å². The molecule has 3 aromatic rings. The van der Waals surface area contributed by atoms with Gasteiger partial charge in [-0.15, -0.1) is 10.2 Å². The molecule has 0 unspecified atom stereocenters. The minimum absolute atomic E-state index is 0.251. The predicted octanol–water partition coefficient (Wildman–Crippen LogP) is 5.65. The van der Waals surface area contributed by atoms with Gasteiger partial charge in [0.05, 0.1) is 5.02 Å². The molecule has 0 aliphatic heterocycles. The molecule has 0 bridgehead atoms. The summed E-state index contributed by atoms with van der Waals surface area (Å²) in [6, 6.07) is 12.8. The molecule has 0 saturated heterocycles. The van der Waals surface area contributed by atoms with Gasteiger partial charge in [-0.1, -0.05) is 58.7 Å². The van der Waals surface area contributed by atoms with Crippen LogP contribution in [0.4, 0.5) is 0 Å². The quantitative estimate of drug-likeness (QED) is 0.489. The van der Waals surface area contributed by atoms with Crippen LogP contribution >= 0.6 is 46.6 Å². The number of benzene rings is 2. The van der Waals surface area contributed by atoms with E-state index in [1.807, 2.05) is 35.9 Å². The second-order valence-electron chi connectivity index (χ2n) is 5.24. The van der Waals surface area contributed by atoms with Crippen LogP contribution in [0.1, 0.15) is 11.4 Å². The smallest absolute Gasteiger partial charge is 0.191 e. The van der Waals surface area contributed by atoms with E-state index in [4.69, 9.17) is 39.5 Å². The minimum Gasteiger partial charge on any atom is -0.484 e. The maximum Gasteiger partial charge on any atom is 0.191 e. The van der Waals surface area contributed by atoms with Crippen molar-refractivity contribution in [2.24, 2.45) is 7.05 Å². The van der Waals surface area contributed by atoms with Crippen molar-refractivity contribution >= 4 is 46.6 Å². The fraction of sp³-hybridized carbons (Fsp3) is 0.176. The van der Waals surface area contributed by atoms with Crippen molar-refractivity contribution in [2.75, 3.05) is 0 Å². The van der Waals surface area contributed by atoms with Crippen LogP contribution in [-0.2, 0) is 19.4 Å². The molecule has 25 heavy (non-hydrogen) atoms. The van der Waals surface area contributed by atoms with Crippen molar-refractivity contribution in [3.8, 4) is 5.75 Å². The summed E-state index contributed by atoms with van der Waals surface area (Å²) in [5.74, 6) is 1.97. The fourth-order valence-electron chi connectivity index (χ4n) is 2.10. The summed E-state index contributed by atoms with van der Waals surface area (Å²) in [5, 5.41) is 11.0. The van der Waals surface area contributed by atoms with Gasteiger partial charge >= 0.3 is 0 Å². The lowest BCUT2D eigenvalue weighted by molar-refractivity contribution is 0.290. The van der Waals surface area contributed by atoms with E-state index in [1.165, 1.54) is 0 Å². The number of thioether (sulfide) groups is 1. The van der Waals surface area contributed by atoms with Crippen LogP contribution in [0.2, 0.25) is 15.1 Å². The number of rotatable bonds is 6. The number of aromatic nitrogens is 3. The van der Waals surface area contributed by atoms with E-state index < -0.39 is 0 Å². The summed E-state index contributed by atoms with van der Waals surface area (Å²) in [7, 11) is 1.90. The molecule has 0 aliphatic carbocycles. The molecule has 4 nitrogen and oxygen atoms in total. The molecule has 0 fully saturated rings. The summed E-state index contributed by atoms with van der Waals surface area (Å²) >= 11 is 19.6. The van der Waals surface area contributed by atoms with E-state index in [0.717, 1.165) is 21.5 Å². The molecule has 0 atom stereocenters. The van der Waals surface area contributed by atoms with Crippen molar-refractivity contribution in [2.45, 2.75) is 17.5 Å². The average Bonchev–Trinajstić information content (AvgIpc) is 2.94. The largest absolute Gasteiger partial charge is 0.484 e. The lowest BCUT2D eigenvalue weighted by Gasteiger charge is -2.08. The maximum atomic E-state index is 6.10. The van der Waals surface area contributed by atoms with Crippen LogP contribution in [0.3, 0.4) is 0 Å². The van der Waals surface area contributed by atoms with E-state index >= 15 is 0 Å². The predicted molar refractivity (Wildman–Crippen MR) is 103 cm³/mol. The van der Waals surface area contributed by atoms with Crippen LogP contribution in [0.15, 0.2) is 47.6 Å². The van der Waals surface area contributed by atoms with Crippen molar-refractivity contribution in [3.63, 3.8) is 0 Å². The van der Waals surface area contributed by atoms with E-state index in [0.29, 0.717) is 21.6 Å². The topological polar surface area (TPSA) is 39.9 Å².